The highest BCUT2D eigenvalue weighted by atomic mass is 127. The second-order valence-corrected chi connectivity index (χ2v) is 6.81. The molecule has 0 aliphatic rings. The van der Waals surface area contributed by atoms with Gasteiger partial charge in [0.15, 0.2) is 0 Å². The molecule has 0 saturated heterocycles. The average Bonchev–Trinajstić information content (AvgIpc) is 2.71. The molecule has 0 aliphatic heterocycles. The van der Waals surface area contributed by atoms with Crippen LogP contribution in [0.4, 0.5) is 0 Å². The summed E-state index contributed by atoms with van der Waals surface area (Å²) in [6.45, 7) is 0.571. The quantitative estimate of drug-likeness (QED) is 0.536. The Morgan fingerprint density at radius 3 is 1.70 bits per heavy atom. The molecule has 3 aromatic rings. The molecule has 7 nitrogen and oxygen atoms in total. The van der Waals surface area contributed by atoms with E-state index in [4.69, 9.17) is 0 Å². The van der Waals surface area contributed by atoms with Gasteiger partial charge >= 0.3 is 0 Å². The third kappa shape index (κ3) is 5.55. The fourth-order valence-corrected chi connectivity index (χ4v) is 2.85. The van der Waals surface area contributed by atoms with Crippen molar-refractivity contribution in [2.24, 2.45) is 0 Å². The van der Waals surface area contributed by atoms with E-state index in [9.17, 15) is 9.59 Å². The van der Waals surface area contributed by atoms with E-state index >= 15 is 0 Å². The summed E-state index contributed by atoms with van der Waals surface area (Å²) in [4.78, 5) is 37.3. The number of hydrogen-bond acceptors (Lipinski definition) is 5. The molecule has 0 fully saturated rings. The minimum absolute atomic E-state index is 0.181. The third-order valence-corrected chi connectivity index (χ3v) is 4.19. The summed E-state index contributed by atoms with van der Waals surface area (Å²) >= 11 is 2.05. The van der Waals surface area contributed by atoms with Gasteiger partial charge in [0.1, 0.15) is 11.4 Å². The van der Waals surface area contributed by atoms with Gasteiger partial charge in [-0.2, -0.15) is 0 Å². The van der Waals surface area contributed by atoms with Crippen LogP contribution in [0.15, 0.2) is 60.9 Å². The number of nitrogens with zero attached hydrogens (tertiary/aromatic N) is 3. The summed E-state index contributed by atoms with van der Waals surface area (Å²) < 4.78 is 0.744. The van der Waals surface area contributed by atoms with Crippen LogP contribution in [0.2, 0.25) is 0 Å². The molecule has 0 atom stereocenters. The predicted molar refractivity (Wildman–Crippen MR) is 108 cm³/mol. The predicted octanol–water partition coefficient (Wildman–Crippen LogP) is 2.34. The van der Waals surface area contributed by atoms with Crippen LogP contribution >= 0.6 is 22.6 Å². The molecule has 3 heterocycles. The van der Waals surface area contributed by atoms with Crippen molar-refractivity contribution in [1.82, 2.24) is 25.6 Å². The molecule has 3 rings (SSSR count). The summed E-state index contributed by atoms with van der Waals surface area (Å²) in [7, 11) is 0. The van der Waals surface area contributed by atoms with Gasteiger partial charge in [0.05, 0.1) is 24.5 Å². The number of rotatable bonds is 6. The van der Waals surface area contributed by atoms with E-state index in [0.29, 0.717) is 0 Å². The van der Waals surface area contributed by atoms with Gasteiger partial charge in [-0.15, -0.1) is 0 Å². The van der Waals surface area contributed by atoms with Gasteiger partial charge in [-0.05, 0) is 59.0 Å². The van der Waals surface area contributed by atoms with Crippen molar-refractivity contribution in [3.05, 3.63) is 87.3 Å². The molecular weight excluding hydrogens is 457 g/mol. The lowest BCUT2D eigenvalue weighted by atomic mass is 10.2. The van der Waals surface area contributed by atoms with Crippen molar-refractivity contribution in [3.63, 3.8) is 0 Å². The van der Waals surface area contributed by atoms with Crippen LogP contribution in [-0.2, 0) is 13.1 Å². The lowest BCUT2D eigenvalue weighted by Gasteiger charge is -2.08. The lowest BCUT2D eigenvalue weighted by molar-refractivity contribution is 0.0941. The Balaban J connectivity index is 1.66. The van der Waals surface area contributed by atoms with Gasteiger partial charge in [0.25, 0.3) is 11.8 Å². The molecule has 136 valence electrons. The van der Waals surface area contributed by atoms with E-state index in [2.05, 4.69) is 48.2 Å². The molecule has 0 aromatic carbocycles. The Labute approximate surface area is 169 Å². The molecule has 0 radical (unpaired) electrons. The van der Waals surface area contributed by atoms with E-state index in [1.807, 2.05) is 36.4 Å². The standard InChI is InChI=1S/C19H16IN5O2/c20-13-9-16(18(26)23-11-14-5-1-3-7-21-14)25-17(10-13)19(27)24-12-15-6-2-4-8-22-15/h1-10H,11-12H2,(H,23,26)(H,24,27). The van der Waals surface area contributed by atoms with Crippen molar-refractivity contribution in [3.8, 4) is 0 Å². The first kappa shape index (κ1) is 18.9. The Kier molecular flexibility index (Phi) is 6.42. The normalized spacial score (nSPS) is 10.3. The highest BCUT2D eigenvalue weighted by Crippen LogP contribution is 2.10. The molecule has 0 bridgehead atoms. The number of hydrogen-bond donors (Lipinski definition) is 2. The SMILES string of the molecule is O=C(NCc1ccccn1)c1cc(I)cc(C(=O)NCc2ccccn2)n1. The van der Waals surface area contributed by atoms with Crippen molar-refractivity contribution in [2.45, 2.75) is 13.1 Å². The largest absolute Gasteiger partial charge is 0.345 e. The minimum Gasteiger partial charge on any atom is -0.345 e. The Bertz CT molecular complexity index is 862. The molecule has 0 spiro atoms. The van der Waals surface area contributed by atoms with E-state index in [1.165, 1.54) is 0 Å². The zero-order chi connectivity index (χ0) is 19.1. The Morgan fingerprint density at radius 1 is 0.815 bits per heavy atom. The number of carbonyl (C=O) groups is 2. The first-order valence-electron chi connectivity index (χ1n) is 8.15. The number of aromatic nitrogens is 3. The van der Waals surface area contributed by atoms with Crippen LogP contribution in [0.25, 0.3) is 0 Å². The summed E-state index contributed by atoms with van der Waals surface area (Å²) in [5.41, 5.74) is 1.84. The summed E-state index contributed by atoms with van der Waals surface area (Å²) in [6, 6.07) is 14.2. The summed E-state index contributed by atoms with van der Waals surface area (Å²) in [5, 5.41) is 5.51. The topological polar surface area (TPSA) is 96.9 Å². The lowest BCUT2D eigenvalue weighted by Crippen LogP contribution is -2.28. The maximum absolute atomic E-state index is 12.4. The van der Waals surface area contributed by atoms with Gasteiger partial charge in [-0.25, -0.2) is 4.98 Å². The molecule has 27 heavy (non-hydrogen) atoms. The van der Waals surface area contributed by atoms with Crippen molar-refractivity contribution in [2.75, 3.05) is 0 Å². The first-order chi connectivity index (χ1) is 13.1. The fourth-order valence-electron chi connectivity index (χ4n) is 2.26. The number of carbonyl (C=O) groups excluding carboxylic acids is 2. The molecule has 0 saturated carbocycles. The van der Waals surface area contributed by atoms with Crippen LogP contribution < -0.4 is 10.6 Å². The highest BCUT2D eigenvalue weighted by Gasteiger charge is 2.14. The van der Waals surface area contributed by atoms with Crippen molar-refractivity contribution in [1.29, 1.82) is 0 Å². The molecule has 2 amide bonds. The average molecular weight is 473 g/mol. The zero-order valence-electron chi connectivity index (χ0n) is 14.2. The van der Waals surface area contributed by atoms with Crippen LogP contribution in [-0.4, -0.2) is 26.8 Å². The number of halogens is 1. The van der Waals surface area contributed by atoms with Gasteiger partial charge in [-0.1, -0.05) is 12.1 Å². The molecule has 0 aliphatic carbocycles. The van der Waals surface area contributed by atoms with E-state index < -0.39 is 0 Å². The smallest absolute Gasteiger partial charge is 0.270 e. The van der Waals surface area contributed by atoms with E-state index in [0.717, 1.165) is 15.0 Å². The molecule has 0 unspecified atom stereocenters. The highest BCUT2D eigenvalue weighted by molar-refractivity contribution is 14.1. The second kappa shape index (κ2) is 9.17. The Hall–Kier alpha value is -2.88. The maximum atomic E-state index is 12.4. The number of amides is 2. The van der Waals surface area contributed by atoms with Gasteiger partial charge in [-0.3, -0.25) is 19.6 Å². The summed E-state index contributed by atoms with van der Waals surface area (Å²) in [6.07, 6.45) is 3.32. The van der Waals surface area contributed by atoms with Crippen molar-refractivity contribution >= 4 is 34.4 Å². The third-order valence-electron chi connectivity index (χ3n) is 3.57. The van der Waals surface area contributed by atoms with Crippen LogP contribution in [0.5, 0.6) is 0 Å². The minimum atomic E-state index is -0.363. The maximum Gasteiger partial charge on any atom is 0.270 e. The van der Waals surface area contributed by atoms with Crippen LogP contribution in [0, 0.1) is 3.57 Å². The van der Waals surface area contributed by atoms with Crippen molar-refractivity contribution < 1.29 is 9.59 Å². The molecule has 8 heteroatoms. The Morgan fingerprint density at radius 2 is 1.30 bits per heavy atom. The second-order valence-electron chi connectivity index (χ2n) is 5.56. The fraction of sp³-hybridized carbons (Fsp3) is 0.105. The van der Waals surface area contributed by atoms with Gasteiger partial charge in [0, 0.05) is 16.0 Å². The number of nitrogens with one attached hydrogen (secondary N) is 2. The zero-order valence-corrected chi connectivity index (χ0v) is 16.4. The van der Waals surface area contributed by atoms with Crippen LogP contribution in [0.1, 0.15) is 32.4 Å². The number of pyridine rings is 3. The van der Waals surface area contributed by atoms with Gasteiger partial charge < -0.3 is 10.6 Å². The van der Waals surface area contributed by atoms with E-state index in [-0.39, 0.29) is 36.3 Å². The van der Waals surface area contributed by atoms with Crippen LogP contribution in [0.3, 0.4) is 0 Å². The van der Waals surface area contributed by atoms with Gasteiger partial charge in [0.2, 0.25) is 0 Å². The van der Waals surface area contributed by atoms with E-state index in [1.54, 1.807) is 24.5 Å². The molecule has 2 N–H and O–H groups in total. The molecule has 3 aromatic heterocycles. The summed E-state index contributed by atoms with van der Waals surface area (Å²) in [5.74, 6) is -0.726. The molecular formula is C19H16IN5O2. The monoisotopic (exact) mass is 473 g/mol. The first-order valence-corrected chi connectivity index (χ1v) is 9.23.